The van der Waals surface area contributed by atoms with Crippen molar-refractivity contribution in [1.29, 1.82) is 0 Å². The molecule has 1 amide bonds. The Kier molecular flexibility index (Phi) is 4.09. The molecule has 0 N–H and O–H groups in total. The van der Waals surface area contributed by atoms with E-state index in [2.05, 4.69) is 20.8 Å². The first-order valence-corrected chi connectivity index (χ1v) is 7.46. The molecular weight excluding hydrogens is 267 g/mol. The maximum Gasteiger partial charge on any atom is 0.389 e. The largest absolute Gasteiger partial charge is 0.389 e. The van der Waals surface area contributed by atoms with Crippen LogP contribution < -0.4 is 0 Å². The third-order valence-corrected chi connectivity index (χ3v) is 4.87. The fourth-order valence-corrected chi connectivity index (χ4v) is 3.67. The highest BCUT2D eigenvalue weighted by molar-refractivity contribution is 5.77. The first-order chi connectivity index (χ1) is 9.08. The molecule has 2 nitrogen and oxygen atoms in total. The number of alkyl halides is 3. The molecule has 0 aromatic carbocycles. The van der Waals surface area contributed by atoms with Gasteiger partial charge in [0.25, 0.3) is 0 Å². The zero-order chi connectivity index (χ0) is 15.1. The highest BCUT2D eigenvalue weighted by atomic mass is 19.4. The molecule has 3 atom stereocenters. The van der Waals surface area contributed by atoms with E-state index in [4.69, 9.17) is 0 Å². The van der Waals surface area contributed by atoms with Crippen LogP contribution in [0.5, 0.6) is 0 Å². The topological polar surface area (TPSA) is 20.3 Å². The number of carbonyl (C=O) groups excluding carboxylic acids is 1. The van der Waals surface area contributed by atoms with E-state index < -0.39 is 19.0 Å². The van der Waals surface area contributed by atoms with Crippen LogP contribution in [-0.4, -0.2) is 29.1 Å². The normalized spacial score (nSPS) is 30.7. The third kappa shape index (κ3) is 3.47. The van der Waals surface area contributed by atoms with Crippen molar-refractivity contribution in [3.8, 4) is 0 Å². The molecular formula is C15H24F3NO. The summed E-state index contributed by atoms with van der Waals surface area (Å²) in [6.45, 7) is 6.62. The molecule has 0 radical (unpaired) electrons. The first-order valence-electron chi connectivity index (χ1n) is 7.46. The second kappa shape index (κ2) is 5.23. The Morgan fingerprint density at radius 1 is 1.10 bits per heavy atom. The van der Waals surface area contributed by atoms with Crippen molar-refractivity contribution in [2.75, 3.05) is 0 Å². The predicted octanol–water partition coefficient (Wildman–Crippen LogP) is 4.14. The van der Waals surface area contributed by atoms with Crippen molar-refractivity contribution >= 4 is 5.91 Å². The second-order valence-corrected chi connectivity index (χ2v) is 7.34. The zero-order valence-electron chi connectivity index (χ0n) is 12.5. The lowest BCUT2D eigenvalue weighted by molar-refractivity contribution is -0.152. The second-order valence-electron chi connectivity index (χ2n) is 7.34. The van der Waals surface area contributed by atoms with E-state index in [-0.39, 0.29) is 23.4 Å². The van der Waals surface area contributed by atoms with Gasteiger partial charge in [-0.05, 0) is 37.0 Å². The van der Waals surface area contributed by atoms with Crippen LogP contribution in [0, 0.1) is 11.3 Å². The number of piperidine rings is 1. The van der Waals surface area contributed by atoms with Gasteiger partial charge in [0.1, 0.15) is 0 Å². The highest BCUT2D eigenvalue weighted by Crippen LogP contribution is 2.45. The number of halogens is 3. The number of nitrogens with zero attached hydrogens (tertiary/aromatic N) is 1. The number of amides is 1. The van der Waals surface area contributed by atoms with Crippen LogP contribution in [0.3, 0.4) is 0 Å². The lowest BCUT2D eigenvalue weighted by Crippen LogP contribution is -2.48. The van der Waals surface area contributed by atoms with Crippen LogP contribution in [0.2, 0.25) is 0 Å². The van der Waals surface area contributed by atoms with E-state index in [1.54, 1.807) is 4.90 Å². The van der Waals surface area contributed by atoms with E-state index in [9.17, 15) is 18.0 Å². The van der Waals surface area contributed by atoms with E-state index >= 15 is 0 Å². The molecule has 0 saturated carbocycles. The monoisotopic (exact) mass is 291 g/mol. The van der Waals surface area contributed by atoms with Crippen molar-refractivity contribution in [2.24, 2.45) is 11.3 Å². The Hall–Kier alpha value is -0.740. The summed E-state index contributed by atoms with van der Waals surface area (Å²) in [4.78, 5) is 13.9. The molecule has 2 heterocycles. The number of fused-ring (bicyclic) bond motifs is 2. The van der Waals surface area contributed by atoms with Crippen LogP contribution >= 0.6 is 0 Å². The summed E-state index contributed by atoms with van der Waals surface area (Å²) in [6, 6.07) is 0.331. The van der Waals surface area contributed by atoms with Gasteiger partial charge in [-0.1, -0.05) is 20.8 Å². The molecule has 0 aromatic heterocycles. The van der Waals surface area contributed by atoms with Gasteiger partial charge < -0.3 is 4.90 Å². The number of hydrogen-bond acceptors (Lipinski definition) is 1. The van der Waals surface area contributed by atoms with Gasteiger partial charge in [0.2, 0.25) is 5.91 Å². The Labute approximate surface area is 118 Å². The lowest BCUT2D eigenvalue weighted by Gasteiger charge is -2.44. The fourth-order valence-electron chi connectivity index (χ4n) is 3.67. The molecule has 2 bridgehead atoms. The molecule has 2 rings (SSSR count). The average Bonchev–Trinajstić information content (AvgIpc) is 2.54. The SMILES string of the molecule is CC(C)(C)C1C[C@H]2CC[C@@H](C1)N2C(=O)CCC(F)(F)F. The molecule has 2 aliphatic heterocycles. The molecule has 20 heavy (non-hydrogen) atoms. The van der Waals surface area contributed by atoms with Crippen LogP contribution in [-0.2, 0) is 4.79 Å². The predicted molar refractivity (Wildman–Crippen MR) is 71.1 cm³/mol. The zero-order valence-corrected chi connectivity index (χ0v) is 12.5. The molecule has 2 aliphatic rings. The van der Waals surface area contributed by atoms with E-state index in [0.29, 0.717) is 5.92 Å². The fraction of sp³-hybridized carbons (Fsp3) is 0.933. The molecule has 5 heteroatoms. The summed E-state index contributed by atoms with van der Waals surface area (Å²) in [7, 11) is 0. The van der Waals surface area contributed by atoms with Gasteiger partial charge in [-0.15, -0.1) is 0 Å². The minimum absolute atomic E-state index is 0.165. The number of carbonyl (C=O) groups is 1. The molecule has 2 saturated heterocycles. The quantitative estimate of drug-likeness (QED) is 0.748. The summed E-state index contributed by atoms with van der Waals surface area (Å²) in [5.74, 6) is 0.258. The molecule has 1 unspecified atom stereocenters. The van der Waals surface area contributed by atoms with Crippen LogP contribution in [0.4, 0.5) is 13.2 Å². The Bertz CT molecular complexity index is 358. The Balaban J connectivity index is 1.97. The molecule has 0 aliphatic carbocycles. The van der Waals surface area contributed by atoms with Gasteiger partial charge in [0, 0.05) is 18.5 Å². The van der Waals surface area contributed by atoms with E-state index in [1.807, 2.05) is 0 Å². The van der Waals surface area contributed by atoms with Crippen molar-refractivity contribution in [3.05, 3.63) is 0 Å². The molecule has 0 spiro atoms. The van der Waals surface area contributed by atoms with Crippen LogP contribution in [0.15, 0.2) is 0 Å². The van der Waals surface area contributed by atoms with Gasteiger partial charge in [0.05, 0.1) is 6.42 Å². The lowest BCUT2D eigenvalue weighted by atomic mass is 9.73. The maximum atomic E-state index is 12.2. The Morgan fingerprint density at radius 2 is 1.60 bits per heavy atom. The van der Waals surface area contributed by atoms with Crippen molar-refractivity contribution in [2.45, 2.75) is 77.6 Å². The summed E-state index contributed by atoms with van der Waals surface area (Å²) >= 11 is 0. The Morgan fingerprint density at radius 3 is 2.00 bits per heavy atom. The standard InChI is InChI=1S/C15H24F3NO/c1-14(2,3)10-8-11-4-5-12(9-10)19(11)13(20)6-7-15(16,17)18/h10-12H,4-9H2,1-3H3/t10?,11-,12+. The van der Waals surface area contributed by atoms with Gasteiger partial charge >= 0.3 is 6.18 Å². The maximum absolute atomic E-state index is 12.2. The van der Waals surface area contributed by atoms with Crippen molar-refractivity contribution in [1.82, 2.24) is 4.90 Å². The van der Waals surface area contributed by atoms with Crippen molar-refractivity contribution in [3.63, 3.8) is 0 Å². The van der Waals surface area contributed by atoms with Gasteiger partial charge in [-0.2, -0.15) is 13.2 Å². The summed E-state index contributed by atoms with van der Waals surface area (Å²) in [6.07, 6.45) is -1.83. The number of hydrogen-bond donors (Lipinski definition) is 0. The smallest absolute Gasteiger partial charge is 0.337 e. The summed E-state index contributed by atoms with van der Waals surface area (Å²) in [5, 5.41) is 0. The minimum Gasteiger partial charge on any atom is -0.337 e. The van der Waals surface area contributed by atoms with Gasteiger partial charge in [-0.3, -0.25) is 4.79 Å². The molecule has 116 valence electrons. The van der Waals surface area contributed by atoms with E-state index in [1.165, 1.54) is 0 Å². The van der Waals surface area contributed by atoms with E-state index in [0.717, 1.165) is 25.7 Å². The van der Waals surface area contributed by atoms with Crippen LogP contribution in [0.25, 0.3) is 0 Å². The first kappa shape index (κ1) is 15.6. The highest BCUT2D eigenvalue weighted by Gasteiger charge is 2.46. The number of rotatable bonds is 2. The third-order valence-electron chi connectivity index (χ3n) is 4.87. The summed E-state index contributed by atoms with van der Waals surface area (Å²) < 4.78 is 36.7. The minimum atomic E-state index is -4.24. The average molecular weight is 291 g/mol. The molecule has 0 aromatic rings. The van der Waals surface area contributed by atoms with Gasteiger partial charge in [-0.25, -0.2) is 0 Å². The van der Waals surface area contributed by atoms with Crippen molar-refractivity contribution < 1.29 is 18.0 Å². The van der Waals surface area contributed by atoms with Crippen LogP contribution in [0.1, 0.15) is 59.3 Å². The summed E-state index contributed by atoms with van der Waals surface area (Å²) in [5.41, 5.74) is 0.210. The van der Waals surface area contributed by atoms with Gasteiger partial charge in [0.15, 0.2) is 0 Å². The molecule has 2 fully saturated rings.